The van der Waals surface area contributed by atoms with Crippen LogP contribution in [0, 0.1) is 6.92 Å². The van der Waals surface area contributed by atoms with Crippen LogP contribution in [0.5, 0.6) is 0 Å². The van der Waals surface area contributed by atoms with Crippen molar-refractivity contribution in [2.75, 3.05) is 6.54 Å². The van der Waals surface area contributed by atoms with Crippen LogP contribution >= 0.6 is 11.3 Å². The quantitative estimate of drug-likeness (QED) is 0.943. The number of hydrogen-bond acceptors (Lipinski definition) is 4. The predicted molar refractivity (Wildman–Crippen MR) is 77.8 cm³/mol. The third-order valence-corrected chi connectivity index (χ3v) is 4.61. The Hall–Kier alpha value is -1.72. The minimum Gasteiger partial charge on any atom is -0.480 e. The first-order valence-electron chi connectivity index (χ1n) is 6.61. The van der Waals surface area contributed by atoms with Crippen LogP contribution in [-0.2, 0) is 17.8 Å². The van der Waals surface area contributed by atoms with Crippen molar-refractivity contribution in [1.82, 2.24) is 9.88 Å². The van der Waals surface area contributed by atoms with Gasteiger partial charge in [-0.15, -0.1) is 11.3 Å². The molecule has 5 heteroatoms. The molecule has 1 aliphatic rings. The molecule has 3 heterocycles. The van der Waals surface area contributed by atoms with E-state index >= 15 is 0 Å². The summed E-state index contributed by atoms with van der Waals surface area (Å²) in [7, 11) is 0. The molecule has 2 aromatic heterocycles. The zero-order chi connectivity index (χ0) is 14.1. The molecule has 1 aliphatic heterocycles. The van der Waals surface area contributed by atoms with Crippen LogP contribution in [0.25, 0.3) is 0 Å². The zero-order valence-corrected chi connectivity index (χ0v) is 12.1. The molecule has 0 fully saturated rings. The van der Waals surface area contributed by atoms with Gasteiger partial charge in [0.2, 0.25) is 0 Å². The number of carbonyl (C=O) groups is 1. The van der Waals surface area contributed by atoms with E-state index in [2.05, 4.69) is 4.98 Å². The third kappa shape index (κ3) is 2.46. The lowest BCUT2D eigenvalue weighted by molar-refractivity contribution is -0.144. The Morgan fingerprint density at radius 3 is 3.10 bits per heavy atom. The van der Waals surface area contributed by atoms with Gasteiger partial charge in [0.05, 0.1) is 5.69 Å². The van der Waals surface area contributed by atoms with Gasteiger partial charge < -0.3 is 5.11 Å². The summed E-state index contributed by atoms with van der Waals surface area (Å²) in [4.78, 5) is 19.3. The van der Waals surface area contributed by atoms with E-state index in [0.29, 0.717) is 6.54 Å². The van der Waals surface area contributed by atoms with Crippen molar-refractivity contribution < 1.29 is 9.90 Å². The van der Waals surface area contributed by atoms with Gasteiger partial charge in [0.15, 0.2) is 0 Å². The lowest BCUT2D eigenvalue weighted by Crippen LogP contribution is -2.38. The Labute approximate surface area is 121 Å². The standard InChI is InChI=1S/C15H16N2O2S/c1-10-3-2-4-11(16-10)9-17-7-5-13-12(6-8-20-13)14(17)15(18)19/h2-4,6,8,14H,5,7,9H2,1H3,(H,18,19). The number of rotatable bonds is 3. The average molecular weight is 288 g/mol. The summed E-state index contributed by atoms with van der Waals surface area (Å²) in [6.07, 6.45) is 0.919. The molecule has 0 aromatic carbocycles. The molecule has 0 saturated heterocycles. The predicted octanol–water partition coefficient (Wildman–Crippen LogP) is 2.64. The second kappa shape index (κ2) is 5.34. The number of fused-ring (bicyclic) bond motifs is 1. The number of aryl methyl sites for hydroxylation is 1. The van der Waals surface area contributed by atoms with Crippen molar-refractivity contribution in [2.24, 2.45) is 0 Å². The Morgan fingerprint density at radius 2 is 2.35 bits per heavy atom. The van der Waals surface area contributed by atoms with Gasteiger partial charge in [-0.3, -0.25) is 14.7 Å². The van der Waals surface area contributed by atoms with Crippen LogP contribution in [0.2, 0.25) is 0 Å². The molecule has 3 rings (SSSR count). The van der Waals surface area contributed by atoms with E-state index < -0.39 is 12.0 Å². The number of carboxylic acids is 1. The van der Waals surface area contributed by atoms with Gasteiger partial charge in [-0.25, -0.2) is 0 Å². The maximum absolute atomic E-state index is 11.6. The lowest BCUT2D eigenvalue weighted by Gasteiger charge is -2.32. The highest BCUT2D eigenvalue weighted by Crippen LogP contribution is 2.34. The number of hydrogen-bond donors (Lipinski definition) is 1. The van der Waals surface area contributed by atoms with E-state index in [1.54, 1.807) is 11.3 Å². The van der Waals surface area contributed by atoms with E-state index in [1.807, 2.05) is 41.5 Å². The lowest BCUT2D eigenvalue weighted by atomic mass is 10.00. The van der Waals surface area contributed by atoms with Gasteiger partial charge >= 0.3 is 5.97 Å². The Bertz CT molecular complexity index is 638. The monoisotopic (exact) mass is 288 g/mol. The second-order valence-electron chi connectivity index (χ2n) is 5.03. The van der Waals surface area contributed by atoms with E-state index in [0.717, 1.165) is 29.9 Å². The van der Waals surface area contributed by atoms with Gasteiger partial charge in [-0.2, -0.15) is 0 Å². The smallest absolute Gasteiger partial charge is 0.325 e. The summed E-state index contributed by atoms with van der Waals surface area (Å²) in [5.74, 6) is -0.781. The zero-order valence-electron chi connectivity index (χ0n) is 11.2. The van der Waals surface area contributed by atoms with Crippen LogP contribution in [0.15, 0.2) is 29.6 Å². The van der Waals surface area contributed by atoms with E-state index in [4.69, 9.17) is 0 Å². The normalized spacial score (nSPS) is 18.8. The first kappa shape index (κ1) is 13.3. The van der Waals surface area contributed by atoms with Crippen LogP contribution in [0.1, 0.15) is 27.9 Å². The van der Waals surface area contributed by atoms with Crippen molar-refractivity contribution in [2.45, 2.75) is 25.9 Å². The minimum absolute atomic E-state index is 0.549. The third-order valence-electron chi connectivity index (χ3n) is 3.61. The molecule has 4 nitrogen and oxygen atoms in total. The molecule has 0 aliphatic carbocycles. The van der Waals surface area contributed by atoms with Crippen molar-refractivity contribution in [1.29, 1.82) is 0 Å². The van der Waals surface area contributed by atoms with Crippen LogP contribution < -0.4 is 0 Å². The second-order valence-corrected chi connectivity index (χ2v) is 6.03. The average Bonchev–Trinajstić information content (AvgIpc) is 2.86. The fourth-order valence-corrected chi connectivity index (χ4v) is 3.63. The fraction of sp³-hybridized carbons (Fsp3) is 0.333. The van der Waals surface area contributed by atoms with Crippen LogP contribution in [0.4, 0.5) is 0 Å². The van der Waals surface area contributed by atoms with Gasteiger partial charge in [-0.05, 0) is 42.5 Å². The Balaban J connectivity index is 1.88. The summed E-state index contributed by atoms with van der Waals surface area (Å²) < 4.78 is 0. The molecule has 2 aromatic rings. The van der Waals surface area contributed by atoms with Crippen LogP contribution in [0.3, 0.4) is 0 Å². The highest BCUT2D eigenvalue weighted by atomic mass is 32.1. The molecule has 20 heavy (non-hydrogen) atoms. The van der Waals surface area contributed by atoms with Gasteiger partial charge in [-0.1, -0.05) is 6.07 Å². The van der Waals surface area contributed by atoms with Crippen molar-refractivity contribution in [3.05, 3.63) is 51.5 Å². The largest absolute Gasteiger partial charge is 0.480 e. The minimum atomic E-state index is -0.781. The molecule has 1 atom stereocenters. The van der Waals surface area contributed by atoms with Crippen molar-refractivity contribution in [3.63, 3.8) is 0 Å². The number of nitrogens with zero attached hydrogens (tertiary/aromatic N) is 2. The molecule has 0 bridgehead atoms. The number of pyridine rings is 1. The maximum atomic E-state index is 11.6. The van der Waals surface area contributed by atoms with Gasteiger partial charge in [0.1, 0.15) is 6.04 Å². The molecule has 1 unspecified atom stereocenters. The van der Waals surface area contributed by atoms with E-state index in [9.17, 15) is 9.90 Å². The number of carboxylic acid groups (broad SMARTS) is 1. The Kier molecular flexibility index (Phi) is 3.54. The molecule has 1 N–H and O–H groups in total. The molecular formula is C15H16N2O2S. The first-order valence-corrected chi connectivity index (χ1v) is 7.49. The summed E-state index contributed by atoms with van der Waals surface area (Å²) in [5.41, 5.74) is 2.83. The summed E-state index contributed by atoms with van der Waals surface area (Å²) in [5, 5.41) is 11.5. The first-order chi connectivity index (χ1) is 9.65. The number of aliphatic carboxylic acids is 1. The number of aromatic nitrogens is 1. The fourth-order valence-electron chi connectivity index (χ4n) is 2.72. The molecule has 0 radical (unpaired) electrons. The van der Waals surface area contributed by atoms with Gasteiger partial charge in [0.25, 0.3) is 0 Å². The van der Waals surface area contributed by atoms with E-state index in [1.165, 1.54) is 4.88 Å². The van der Waals surface area contributed by atoms with Crippen molar-refractivity contribution in [3.8, 4) is 0 Å². The number of thiophene rings is 1. The molecule has 0 amide bonds. The summed E-state index contributed by atoms with van der Waals surface area (Å²) in [6, 6.07) is 7.26. The van der Waals surface area contributed by atoms with Crippen molar-refractivity contribution >= 4 is 17.3 Å². The van der Waals surface area contributed by atoms with E-state index in [-0.39, 0.29) is 0 Å². The van der Waals surface area contributed by atoms with Gasteiger partial charge in [0, 0.05) is 23.7 Å². The summed E-state index contributed by atoms with van der Waals surface area (Å²) >= 11 is 1.65. The van der Waals surface area contributed by atoms with Crippen LogP contribution in [-0.4, -0.2) is 27.5 Å². The summed E-state index contributed by atoms with van der Waals surface area (Å²) in [6.45, 7) is 3.29. The topological polar surface area (TPSA) is 53.4 Å². The SMILES string of the molecule is Cc1cccc(CN2CCc3sccc3C2C(=O)O)n1. The molecule has 0 spiro atoms. The maximum Gasteiger partial charge on any atom is 0.325 e. The Morgan fingerprint density at radius 1 is 1.50 bits per heavy atom. The highest BCUT2D eigenvalue weighted by Gasteiger charge is 2.33. The highest BCUT2D eigenvalue weighted by molar-refractivity contribution is 7.10. The molecular weight excluding hydrogens is 272 g/mol. The molecule has 104 valence electrons. The molecule has 0 saturated carbocycles.